The highest BCUT2D eigenvalue weighted by Gasteiger charge is 2.32. The van der Waals surface area contributed by atoms with Gasteiger partial charge in [0.25, 0.3) is 0 Å². The first-order valence-electron chi connectivity index (χ1n) is 10.8. The lowest BCUT2D eigenvalue weighted by atomic mass is 10.2. The monoisotopic (exact) mass is 435 g/mol. The molecule has 2 saturated heterocycles. The summed E-state index contributed by atoms with van der Waals surface area (Å²) in [5.74, 6) is 0.413. The van der Waals surface area contributed by atoms with Crippen LogP contribution < -0.4 is 9.80 Å². The van der Waals surface area contributed by atoms with Gasteiger partial charge in [0, 0.05) is 26.2 Å². The van der Waals surface area contributed by atoms with Gasteiger partial charge in [-0.3, -0.25) is 26.0 Å². The van der Waals surface area contributed by atoms with Gasteiger partial charge < -0.3 is 19.3 Å². The molecule has 4 rings (SSSR count). The lowest BCUT2D eigenvalue weighted by Crippen LogP contribution is -2.59. The van der Waals surface area contributed by atoms with E-state index < -0.39 is 0 Å². The van der Waals surface area contributed by atoms with E-state index in [0.717, 1.165) is 0 Å². The fourth-order valence-corrected chi connectivity index (χ4v) is 3.78. The standard InChI is InChI=1S/C23H29N7O2/c24-21(27-11-15-31-16-12-27)29(19-7-3-1-4-8-19)23(26)30(20-9-5-2-6-10-20)22(25)28-13-17-32-18-14-28/h1-10,24-26H,11-18H2. The molecule has 2 aromatic rings. The molecule has 2 heterocycles. The Hall–Kier alpha value is -3.43. The second kappa shape index (κ2) is 10.3. The summed E-state index contributed by atoms with van der Waals surface area (Å²) in [5.41, 5.74) is 1.40. The molecule has 2 aromatic carbocycles. The number of ether oxygens (including phenoxy) is 2. The Labute approximate surface area is 188 Å². The van der Waals surface area contributed by atoms with E-state index in [9.17, 15) is 5.41 Å². The number of hydrogen-bond acceptors (Lipinski definition) is 5. The number of anilines is 2. The summed E-state index contributed by atoms with van der Waals surface area (Å²) in [5, 5.41) is 27.2. The molecule has 0 saturated carbocycles. The number of nitrogens with zero attached hydrogens (tertiary/aromatic N) is 4. The molecule has 0 bridgehead atoms. The molecule has 0 atom stereocenters. The molecule has 0 radical (unpaired) electrons. The summed E-state index contributed by atoms with van der Waals surface area (Å²) in [6, 6.07) is 18.9. The van der Waals surface area contributed by atoms with Gasteiger partial charge in [-0.25, -0.2) is 0 Å². The smallest absolute Gasteiger partial charge is 0.217 e. The van der Waals surface area contributed by atoms with Crippen molar-refractivity contribution in [2.75, 3.05) is 62.4 Å². The zero-order valence-corrected chi connectivity index (χ0v) is 18.0. The van der Waals surface area contributed by atoms with Crippen LogP contribution in [-0.4, -0.2) is 80.3 Å². The quantitative estimate of drug-likeness (QED) is 0.495. The summed E-state index contributed by atoms with van der Waals surface area (Å²) in [4.78, 5) is 7.00. The lowest BCUT2D eigenvalue weighted by molar-refractivity contribution is 0.0670. The van der Waals surface area contributed by atoms with Crippen molar-refractivity contribution in [3.63, 3.8) is 0 Å². The van der Waals surface area contributed by atoms with E-state index in [1.54, 1.807) is 9.80 Å². The maximum atomic E-state index is 9.23. The molecule has 9 nitrogen and oxygen atoms in total. The largest absolute Gasteiger partial charge is 0.378 e. The molecule has 0 amide bonds. The van der Waals surface area contributed by atoms with Crippen LogP contribution in [0.4, 0.5) is 11.4 Å². The van der Waals surface area contributed by atoms with Crippen LogP contribution >= 0.6 is 0 Å². The van der Waals surface area contributed by atoms with Crippen LogP contribution in [0.2, 0.25) is 0 Å². The van der Waals surface area contributed by atoms with Gasteiger partial charge in [0.2, 0.25) is 17.9 Å². The van der Waals surface area contributed by atoms with Crippen LogP contribution in [0.1, 0.15) is 0 Å². The Morgan fingerprint density at radius 1 is 0.594 bits per heavy atom. The van der Waals surface area contributed by atoms with Crippen LogP contribution in [0.15, 0.2) is 60.7 Å². The Morgan fingerprint density at radius 2 is 0.938 bits per heavy atom. The molecular weight excluding hydrogens is 406 g/mol. The minimum absolute atomic E-state index is 0.0235. The second-order valence-electron chi connectivity index (χ2n) is 7.51. The molecule has 9 heteroatoms. The van der Waals surface area contributed by atoms with Gasteiger partial charge in [0.05, 0.1) is 37.8 Å². The maximum absolute atomic E-state index is 9.23. The van der Waals surface area contributed by atoms with E-state index >= 15 is 0 Å². The number of benzene rings is 2. The van der Waals surface area contributed by atoms with Crippen molar-refractivity contribution in [1.82, 2.24) is 9.80 Å². The van der Waals surface area contributed by atoms with Crippen molar-refractivity contribution in [3.05, 3.63) is 60.7 Å². The lowest BCUT2D eigenvalue weighted by Gasteiger charge is -2.40. The van der Waals surface area contributed by atoms with Crippen molar-refractivity contribution in [2.24, 2.45) is 0 Å². The topological polar surface area (TPSA) is 103 Å². The average molecular weight is 436 g/mol. The van der Waals surface area contributed by atoms with E-state index in [2.05, 4.69) is 0 Å². The third-order valence-electron chi connectivity index (χ3n) is 5.50. The van der Waals surface area contributed by atoms with E-state index in [4.69, 9.17) is 20.3 Å². The minimum Gasteiger partial charge on any atom is -0.378 e. The molecule has 2 fully saturated rings. The molecule has 0 unspecified atom stereocenters. The number of hydrogen-bond donors (Lipinski definition) is 3. The van der Waals surface area contributed by atoms with Crippen molar-refractivity contribution in [2.45, 2.75) is 0 Å². The molecule has 0 spiro atoms. The van der Waals surface area contributed by atoms with E-state index in [0.29, 0.717) is 64.0 Å². The molecule has 32 heavy (non-hydrogen) atoms. The van der Waals surface area contributed by atoms with Gasteiger partial charge in [-0.15, -0.1) is 0 Å². The van der Waals surface area contributed by atoms with E-state index in [-0.39, 0.29) is 17.9 Å². The molecule has 0 aliphatic carbocycles. The molecular formula is C23H29N7O2. The SMILES string of the molecule is N=C(N1CCOCC1)N(C(=N)N(C(=N)N1CCOCC1)c1ccccc1)c1ccccc1. The zero-order valence-electron chi connectivity index (χ0n) is 18.0. The van der Waals surface area contributed by atoms with Crippen LogP contribution in [0.5, 0.6) is 0 Å². The third-order valence-corrected chi connectivity index (χ3v) is 5.50. The molecule has 2 aliphatic heterocycles. The summed E-state index contributed by atoms with van der Waals surface area (Å²) < 4.78 is 10.9. The van der Waals surface area contributed by atoms with Gasteiger partial charge in [0.15, 0.2) is 0 Å². The summed E-state index contributed by atoms with van der Waals surface area (Å²) in [6.45, 7) is 4.52. The Kier molecular flexibility index (Phi) is 6.98. The molecule has 168 valence electrons. The highest BCUT2D eigenvalue weighted by atomic mass is 16.5. The van der Waals surface area contributed by atoms with Crippen molar-refractivity contribution in [3.8, 4) is 0 Å². The number of morpholine rings is 2. The molecule has 0 aromatic heterocycles. The second-order valence-corrected chi connectivity index (χ2v) is 7.51. The van der Waals surface area contributed by atoms with Crippen molar-refractivity contribution >= 4 is 29.3 Å². The number of guanidine groups is 3. The summed E-state index contributed by atoms with van der Waals surface area (Å²) >= 11 is 0. The van der Waals surface area contributed by atoms with Crippen LogP contribution in [-0.2, 0) is 9.47 Å². The average Bonchev–Trinajstić information content (AvgIpc) is 2.86. The Bertz CT molecular complexity index is 850. The van der Waals surface area contributed by atoms with Crippen LogP contribution in [0.25, 0.3) is 0 Å². The summed E-state index contributed by atoms with van der Waals surface area (Å²) in [7, 11) is 0. The first kappa shape index (κ1) is 21.8. The Balaban J connectivity index is 1.72. The fourth-order valence-electron chi connectivity index (χ4n) is 3.78. The molecule has 2 aliphatic rings. The first-order valence-corrected chi connectivity index (χ1v) is 10.8. The highest BCUT2D eigenvalue weighted by Crippen LogP contribution is 2.23. The highest BCUT2D eigenvalue weighted by molar-refractivity contribution is 6.28. The Morgan fingerprint density at radius 3 is 1.28 bits per heavy atom. The normalized spacial score (nSPS) is 16.4. The zero-order chi connectivity index (χ0) is 22.3. The number of nitrogens with one attached hydrogen (secondary N) is 3. The number of rotatable bonds is 2. The number of para-hydroxylation sites is 2. The van der Waals surface area contributed by atoms with Crippen molar-refractivity contribution in [1.29, 1.82) is 16.2 Å². The van der Waals surface area contributed by atoms with E-state index in [1.807, 2.05) is 70.5 Å². The minimum atomic E-state index is 0.0235. The third kappa shape index (κ3) is 4.74. The predicted molar refractivity (Wildman–Crippen MR) is 126 cm³/mol. The van der Waals surface area contributed by atoms with Gasteiger partial charge in [-0.2, -0.15) is 0 Å². The predicted octanol–water partition coefficient (Wildman–Crippen LogP) is 2.47. The van der Waals surface area contributed by atoms with Gasteiger partial charge >= 0.3 is 0 Å². The summed E-state index contributed by atoms with van der Waals surface area (Å²) in [6.07, 6.45) is 0. The van der Waals surface area contributed by atoms with Crippen LogP contribution in [0, 0.1) is 16.2 Å². The van der Waals surface area contributed by atoms with E-state index in [1.165, 1.54) is 0 Å². The van der Waals surface area contributed by atoms with Crippen molar-refractivity contribution < 1.29 is 9.47 Å². The maximum Gasteiger partial charge on any atom is 0.217 e. The van der Waals surface area contributed by atoms with Crippen LogP contribution in [0.3, 0.4) is 0 Å². The van der Waals surface area contributed by atoms with Gasteiger partial charge in [0.1, 0.15) is 0 Å². The first-order chi connectivity index (χ1) is 15.7. The van der Waals surface area contributed by atoms with Gasteiger partial charge in [-0.05, 0) is 24.3 Å². The molecule has 3 N–H and O–H groups in total. The van der Waals surface area contributed by atoms with Gasteiger partial charge in [-0.1, -0.05) is 36.4 Å². The fraction of sp³-hybridized carbons (Fsp3) is 0.348.